The van der Waals surface area contributed by atoms with Gasteiger partial charge in [-0.2, -0.15) is 5.26 Å². The standard InChI is InChI=1S/C54H55N8O8P/c1-35(2)62(36(3)4)71(68-30-14-29-55)70-46-31-48(69-47(46)32-67-54(37-15-8-7-9-16-37,38-21-25-40(65-5)26-22-38)39-23-27-41(66-6)28-24-39)60-33-56-50-51(60)57-34-61(53(50)64)59-52(63)49-42-17-10-12-19-44(42)58-45-20-13-11-18-43(45)49/h7-13,15-28,33-36,46-48H,14,30-32H2,1-6H3,(H,59,63)/t46-,47+,48+,71?/m0/s1. The van der Waals surface area contributed by atoms with Gasteiger partial charge in [-0.05, 0) is 80.8 Å². The van der Waals surface area contributed by atoms with E-state index >= 15 is 0 Å². The van der Waals surface area contributed by atoms with E-state index in [1.54, 1.807) is 18.8 Å². The predicted octanol–water partition coefficient (Wildman–Crippen LogP) is 9.65. The second kappa shape index (κ2) is 21.5. The van der Waals surface area contributed by atoms with E-state index in [0.29, 0.717) is 38.9 Å². The van der Waals surface area contributed by atoms with Crippen molar-refractivity contribution >= 4 is 47.4 Å². The number of para-hydroxylation sites is 2. The first-order valence-electron chi connectivity index (χ1n) is 23.5. The van der Waals surface area contributed by atoms with Gasteiger partial charge in [-0.1, -0.05) is 91.0 Å². The number of hydrogen-bond acceptors (Lipinski definition) is 13. The molecule has 3 aromatic heterocycles. The fourth-order valence-electron chi connectivity index (χ4n) is 9.28. The molecular weight excluding hydrogens is 920 g/mol. The van der Waals surface area contributed by atoms with Crippen LogP contribution >= 0.6 is 8.53 Å². The number of nitrogens with zero attached hydrogens (tertiary/aromatic N) is 7. The minimum absolute atomic E-state index is 0.0213. The lowest BCUT2D eigenvalue weighted by Crippen LogP contribution is -2.39. The van der Waals surface area contributed by atoms with Crippen LogP contribution in [0.3, 0.4) is 0 Å². The maximum Gasteiger partial charge on any atom is 0.300 e. The summed E-state index contributed by atoms with van der Waals surface area (Å²) in [6.07, 6.45) is 1.19. The van der Waals surface area contributed by atoms with Gasteiger partial charge in [-0.15, -0.1) is 0 Å². The van der Waals surface area contributed by atoms with Crippen LogP contribution in [0.4, 0.5) is 0 Å². The monoisotopic (exact) mass is 974 g/mol. The van der Waals surface area contributed by atoms with Crippen LogP contribution in [0.5, 0.6) is 11.5 Å². The largest absolute Gasteiger partial charge is 0.497 e. The smallest absolute Gasteiger partial charge is 0.300 e. The van der Waals surface area contributed by atoms with Gasteiger partial charge >= 0.3 is 0 Å². The number of carbonyl (C=O) groups excluding carboxylic acids is 1. The second-order valence-electron chi connectivity index (χ2n) is 17.6. The van der Waals surface area contributed by atoms with Crippen molar-refractivity contribution in [1.82, 2.24) is 28.9 Å². The molecule has 0 spiro atoms. The topological polar surface area (TPSA) is 177 Å². The lowest BCUT2D eigenvalue weighted by molar-refractivity contribution is -0.0912. The Hall–Kier alpha value is -7.09. The van der Waals surface area contributed by atoms with Crippen molar-refractivity contribution in [3.05, 3.63) is 173 Å². The summed E-state index contributed by atoms with van der Waals surface area (Å²) in [6.45, 7) is 8.53. The van der Waals surface area contributed by atoms with E-state index in [2.05, 4.69) is 48.8 Å². The van der Waals surface area contributed by atoms with Crippen molar-refractivity contribution < 1.29 is 32.8 Å². The molecular formula is C54H55N8O8P. The Kier molecular flexibility index (Phi) is 14.8. The number of nitriles is 1. The molecule has 4 heterocycles. The Morgan fingerprint density at radius 2 is 1.39 bits per heavy atom. The Balaban J connectivity index is 1.08. The van der Waals surface area contributed by atoms with Crippen LogP contribution in [0.15, 0.2) is 145 Å². The zero-order chi connectivity index (χ0) is 49.6. The highest BCUT2D eigenvalue weighted by molar-refractivity contribution is 7.44. The first-order valence-corrected chi connectivity index (χ1v) is 24.6. The van der Waals surface area contributed by atoms with E-state index in [1.807, 2.05) is 127 Å². The predicted molar refractivity (Wildman–Crippen MR) is 272 cm³/mol. The van der Waals surface area contributed by atoms with E-state index < -0.39 is 44.0 Å². The van der Waals surface area contributed by atoms with Crippen LogP contribution in [0.1, 0.15) is 73.8 Å². The highest BCUT2D eigenvalue weighted by atomic mass is 31.2. The average molecular weight is 975 g/mol. The highest BCUT2D eigenvalue weighted by Crippen LogP contribution is 2.51. The van der Waals surface area contributed by atoms with Crippen LogP contribution in [-0.4, -0.2) is 86.5 Å². The summed E-state index contributed by atoms with van der Waals surface area (Å²) >= 11 is 0. The molecule has 4 atom stereocenters. The number of hydrogen-bond donors (Lipinski definition) is 1. The molecule has 0 aliphatic carbocycles. The lowest BCUT2D eigenvalue weighted by atomic mass is 9.80. The second-order valence-corrected chi connectivity index (χ2v) is 19.0. The summed E-state index contributed by atoms with van der Waals surface area (Å²) in [5.74, 6) is 0.874. The third kappa shape index (κ3) is 9.85. The molecule has 364 valence electrons. The third-order valence-electron chi connectivity index (χ3n) is 12.5. The number of ether oxygens (including phenoxy) is 4. The van der Waals surface area contributed by atoms with E-state index in [-0.39, 0.29) is 49.3 Å². The van der Waals surface area contributed by atoms with Crippen LogP contribution in [0.2, 0.25) is 0 Å². The molecule has 16 nitrogen and oxygen atoms in total. The van der Waals surface area contributed by atoms with Crippen molar-refractivity contribution in [2.24, 2.45) is 0 Å². The lowest BCUT2D eigenvalue weighted by Gasteiger charge is -2.39. The third-order valence-corrected chi connectivity index (χ3v) is 14.7. The maximum atomic E-state index is 14.2. The molecule has 1 fully saturated rings. The molecule has 0 radical (unpaired) electrons. The van der Waals surface area contributed by atoms with Crippen LogP contribution in [0, 0.1) is 11.3 Å². The van der Waals surface area contributed by atoms with Gasteiger partial charge in [-0.25, -0.2) is 24.3 Å². The molecule has 17 heteroatoms. The zero-order valence-electron chi connectivity index (χ0n) is 40.3. The maximum absolute atomic E-state index is 14.2. The van der Waals surface area contributed by atoms with E-state index in [1.165, 1.54) is 12.7 Å². The van der Waals surface area contributed by atoms with E-state index in [0.717, 1.165) is 21.4 Å². The molecule has 8 aromatic rings. The number of nitrogens with one attached hydrogen (secondary N) is 1. The van der Waals surface area contributed by atoms with Gasteiger partial charge in [0, 0.05) is 29.3 Å². The molecule has 9 rings (SSSR count). The Bertz CT molecular complexity index is 3120. The Morgan fingerprint density at radius 1 is 0.817 bits per heavy atom. The summed E-state index contributed by atoms with van der Waals surface area (Å²) in [5.41, 5.74) is 5.50. The van der Waals surface area contributed by atoms with Crippen LogP contribution < -0.4 is 20.5 Å². The molecule has 1 aliphatic rings. The summed E-state index contributed by atoms with van der Waals surface area (Å²) in [7, 11) is 1.54. The van der Waals surface area contributed by atoms with Gasteiger partial charge < -0.3 is 28.0 Å². The van der Waals surface area contributed by atoms with Crippen LogP contribution in [0.25, 0.3) is 33.0 Å². The number of aromatic nitrogens is 5. The number of methoxy groups -OCH3 is 2. The molecule has 1 N–H and O–H groups in total. The van der Waals surface area contributed by atoms with E-state index in [4.69, 9.17) is 38.0 Å². The first kappa shape index (κ1) is 48.9. The van der Waals surface area contributed by atoms with Crippen molar-refractivity contribution in [3.8, 4) is 17.6 Å². The van der Waals surface area contributed by atoms with Gasteiger partial charge in [0.25, 0.3) is 20.0 Å². The minimum Gasteiger partial charge on any atom is -0.497 e. The molecule has 1 amide bonds. The molecule has 71 heavy (non-hydrogen) atoms. The van der Waals surface area contributed by atoms with Crippen molar-refractivity contribution in [2.45, 2.75) is 76.7 Å². The van der Waals surface area contributed by atoms with Crippen LogP contribution in [-0.2, 0) is 24.1 Å². The van der Waals surface area contributed by atoms with Gasteiger partial charge in [-0.3, -0.25) is 19.6 Å². The number of carbonyl (C=O) groups is 1. The normalized spacial score (nSPS) is 16.5. The number of benzene rings is 5. The van der Waals surface area contributed by atoms with E-state index in [9.17, 15) is 14.9 Å². The summed E-state index contributed by atoms with van der Waals surface area (Å²) in [5, 5.41) is 10.8. The molecule has 5 aromatic carbocycles. The molecule has 1 unspecified atom stereocenters. The average Bonchev–Trinajstić information content (AvgIpc) is 4.01. The van der Waals surface area contributed by atoms with Crippen molar-refractivity contribution in [3.63, 3.8) is 0 Å². The van der Waals surface area contributed by atoms with Gasteiger partial charge in [0.15, 0.2) is 11.2 Å². The van der Waals surface area contributed by atoms with Crippen molar-refractivity contribution in [2.75, 3.05) is 32.9 Å². The fourth-order valence-corrected chi connectivity index (χ4v) is 11.0. The van der Waals surface area contributed by atoms with Gasteiger partial charge in [0.1, 0.15) is 35.8 Å². The number of rotatable bonds is 19. The minimum atomic E-state index is -1.72. The quantitative estimate of drug-likeness (QED) is 0.0351. The Labute approximate surface area is 412 Å². The number of imidazole rings is 1. The number of amides is 1. The summed E-state index contributed by atoms with van der Waals surface area (Å²) in [6, 6.07) is 42.6. The van der Waals surface area contributed by atoms with Gasteiger partial charge in [0.2, 0.25) is 0 Å². The molecule has 0 saturated carbocycles. The summed E-state index contributed by atoms with van der Waals surface area (Å²) in [4.78, 5) is 42.3. The number of fused-ring (bicyclic) bond motifs is 3. The SMILES string of the molecule is COc1ccc(C(OC[C@H]2O[C@@H](n3cnc4c(=O)n(NC(=O)c5c6ccccc6nc6ccccc56)cnc43)C[C@@H]2OP(OCCC#N)N(C(C)C)C(C)C)(c2ccccc2)c2ccc(OC)cc2)cc1. The molecule has 1 saturated heterocycles. The molecule has 0 bridgehead atoms. The highest BCUT2D eigenvalue weighted by Gasteiger charge is 2.45. The fraction of sp³-hybridized carbons (Fsp3) is 0.296. The Morgan fingerprint density at radius 3 is 1.97 bits per heavy atom. The zero-order valence-corrected chi connectivity index (χ0v) is 41.2. The molecule has 1 aliphatic heterocycles. The summed E-state index contributed by atoms with van der Waals surface area (Å²) < 4.78 is 44.0. The van der Waals surface area contributed by atoms with Crippen molar-refractivity contribution in [1.29, 1.82) is 5.26 Å². The number of pyridine rings is 1. The first-order chi connectivity index (χ1) is 34.5. The van der Waals surface area contributed by atoms with Gasteiger partial charge in [0.05, 0.1) is 69.0 Å².